The molecule has 0 aliphatic heterocycles. The molecule has 0 radical (unpaired) electrons. The van der Waals surface area contributed by atoms with Gasteiger partial charge in [0.05, 0.1) is 11.7 Å². The zero-order chi connectivity index (χ0) is 14.5. The van der Waals surface area contributed by atoms with E-state index in [1.165, 1.54) is 6.07 Å². The summed E-state index contributed by atoms with van der Waals surface area (Å²) in [5, 5.41) is 3.68. The van der Waals surface area contributed by atoms with Crippen molar-refractivity contribution in [1.29, 1.82) is 0 Å². The summed E-state index contributed by atoms with van der Waals surface area (Å²) in [4.78, 5) is 11.4. The van der Waals surface area contributed by atoms with Crippen molar-refractivity contribution in [2.24, 2.45) is 5.84 Å². The van der Waals surface area contributed by atoms with E-state index in [9.17, 15) is 4.79 Å². The highest BCUT2D eigenvalue weighted by Gasteiger charge is 2.16. The van der Waals surface area contributed by atoms with E-state index in [2.05, 4.69) is 5.16 Å². The Hall–Kier alpha value is -2.34. The van der Waals surface area contributed by atoms with Crippen molar-refractivity contribution in [1.82, 2.24) is 10.6 Å². The van der Waals surface area contributed by atoms with Crippen LogP contribution in [0.15, 0.2) is 34.9 Å². The molecule has 1 unspecified atom stereocenters. The van der Waals surface area contributed by atoms with Crippen molar-refractivity contribution in [3.63, 3.8) is 0 Å². The third-order valence-electron chi connectivity index (χ3n) is 2.93. The van der Waals surface area contributed by atoms with Crippen LogP contribution in [0.3, 0.4) is 0 Å². The molecule has 0 fully saturated rings. The van der Waals surface area contributed by atoms with E-state index in [-0.39, 0.29) is 11.8 Å². The molecule has 1 aromatic heterocycles. The van der Waals surface area contributed by atoms with Crippen LogP contribution >= 0.6 is 0 Å². The SMILES string of the molecule is CCC(C)Oc1ccccc1-c1cc(C(=O)NN)no1. The van der Waals surface area contributed by atoms with Gasteiger partial charge in [0.2, 0.25) is 0 Å². The zero-order valence-electron chi connectivity index (χ0n) is 11.4. The highest BCUT2D eigenvalue weighted by Crippen LogP contribution is 2.31. The van der Waals surface area contributed by atoms with Gasteiger partial charge in [0.1, 0.15) is 5.75 Å². The molecule has 2 aromatic rings. The summed E-state index contributed by atoms with van der Waals surface area (Å²) in [6.07, 6.45) is 0.983. The number of carbonyl (C=O) groups is 1. The fourth-order valence-electron chi connectivity index (χ4n) is 1.66. The molecule has 1 atom stereocenters. The molecule has 1 aromatic carbocycles. The van der Waals surface area contributed by atoms with Crippen LogP contribution in [0.1, 0.15) is 30.8 Å². The number of nitrogens with two attached hydrogens (primary N) is 1. The molecule has 0 spiro atoms. The highest BCUT2D eigenvalue weighted by molar-refractivity contribution is 5.92. The Bertz CT molecular complexity index is 595. The summed E-state index contributed by atoms with van der Waals surface area (Å²) in [6.45, 7) is 4.04. The van der Waals surface area contributed by atoms with Gasteiger partial charge in [0, 0.05) is 6.07 Å². The van der Waals surface area contributed by atoms with Crippen molar-refractivity contribution in [2.45, 2.75) is 26.4 Å². The monoisotopic (exact) mass is 275 g/mol. The number of para-hydroxylation sites is 1. The molecule has 6 nitrogen and oxygen atoms in total. The minimum atomic E-state index is -0.500. The van der Waals surface area contributed by atoms with Gasteiger partial charge in [-0.25, -0.2) is 5.84 Å². The Balaban J connectivity index is 2.32. The van der Waals surface area contributed by atoms with Gasteiger partial charge in [0.25, 0.3) is 5.91 Å². The minimum absolute atomic E-state index is 0.0888. The van der Waals surface area contributed by atoms with Crippen molar-refractivity contribution in [3.8, 4) is 17.1 Å². The van der Waals surface area contributed by atoms with Crippen molar-refractivity contribution in [2.75, 3.05) is 0 Å². The van der Waals surface area contributed by atoms with Gasteiger partial charge < -0.3 is 9.26 Å². The summed E-state index contributed by atoms with van der Waals surface area (Å²) in [5.74, 6) is 5.71. The molecule has 0 saturated heterocycles. The Morgan fingerprint density at radius 2 is 2.25 bits per heavy atom. The number of hydrogen-bond acceptors (Lipinski definition) is 5. The summed E-state index contributed by atoms with van der Waals surface area (Å²) in [7, 11) is 0. The van der Waals surface area contributed by atoms with Gasteiger partial charge in [-0.3, -0.25) is 10.2 Å². The predicted molar refractivity (Wildman–Crippen MR) is 74.0 cm³/mol. The molecule has 2 rings (SSSR count). The van der Waals surface area contributed by atoms with Gasteiger partial charge in [-0.1, -0.05) is 24.2 Å². The molecule has 0 bridgehead atoms. The van der Waals surface area contributed by atoms with Crippen LogP contribution < -0.4 is 16.0 Å². The Labute approximate surface area is 116 Å². The average molecular weight is 275 g/mol. The Morgan fingerprint density at radius 3 is 2.95 bits per heavy atom. The molecular formula is C14H17N3O3. The zero-order valence-corrected chi connectivity index (χ0v) is 11.4. The molecule has 0 aliphatic carbocycles. The number of amides is 1. The second kappa shape index (κ2) is 6.21. The van der Waals surface area contributed by atoms with E-state index in [0.29, 0.717) is 11.5 Å². The maximum absolute atomic E-state index is 11.4. The molecule has 0 aliphatic rings. The maximum atomic E-state index is 11.4. The fraction of sp³-hybridized carbons (Fsp3) is 0.286. The molecule has 1 heterocycles. The van der Waals surface area contributed by atoms with Gasteiger partial charge in [0.15, 0.2) is 11.5 Å². The largest absolute Gasteiger partial charge is 0.490 e. The van der Waals surface area contributed by atoms with Crippen LogP contribution in [0.4, 0.5) is 0 Å². The van der Waals surface area contributed by atoms with Crippen molar-refractivity contribution < 1.29 is 14.1 Å². The lowest BCUT2D eigenvalue weighted by molar-refractivity contribution is 0.0944. The van der Waals surface area contributed by atoms with Gasteiger partial charge in [-0.05, 0) is 25.5 Å². The summed E-state index contributed by atoms with van der Waals surface area (Å²) >= 11 is 0. The van der Waals surface area contributed by atoms with Crippen LogP contribution in [0.5, 0.6) is 5.75 Å². The summed E-state index contributed by atoms with van der Waals surface area (Å²) < 4.78 is 11.0. The number of carbonyl (C=O) groups excluding carboxylic acids is 1. The third kappa shape index (κ3) is 2.97. The van der Waals surface area contributed by atoms with E-state index < -0.39 is 5.91 Å². The quantitative estimate of drug-likeness (QED) is 0.495. The number of nitrogens with zero attached hydrogens (tertiary/aromatic N) is 1. The third-order valence-corrected chi connectivity index (χ3v) is 2.93. The van der Waals surface area contributed by atoms with Crippen LogP contribution in [0.25, 0.3) is 11.3 Å². The number of rotatable bonds is 5. The molecule has 0 saturated carbocycles. The van der Waals surface area contributed by atoms with Crippen LogP contribution in [0, 0.1) is 0 Å². The standard InChI is InChI=1S/C14H17N3O3/c1-3-9(2)19-12-7-5-4-6-10(12)13-8-11(17-20-13)14(18)16-15/h4-9H,3,15H2,1-2H3,(H,16,18). The van der Waals surface area contributed by atoms with Gasteiger partial charge in [-0.2, -0.15) is 0 Å². The van der Waals surface area contributed by atoms with E-state index >= 15 is 0 Å². The molecule has 6 heteroatoms. The number of hydrazine groups is 1. The average Bonchev–Trinajstić information content (AvgIpc) is 2.96. The van der Waals surface area contributed by atoms with E-state index in [1.807, 2.05) is 43.5 Å². The van der Waals surface area contributed by atoms with Crippen molar-refractivity contribution in [3.05, 3.63) is 36.0 Å². The number of benzene rings is 1. The fourth-order valence-corrected chi connectivity index (χ4v) is 1.66. The van der Waals surface area contributed by atoms with E-state index in [1.54, 1.807) is 0 Å². The normalized spacial score (nSPS) is 11.9. The van der Waals surface area contributed by atoms with Crippen LogP contribution in [-0.4, -0.2) is 17.2 Å². The highest BCUT2D eigenvalue weighted by atomic mass is 16.5. The van der Waals surface area contributed by atoms with Gasteiger partial charge >= 0.3 is 0 Å². The van der Waals surface area contributed by atoms with Crippen molar-refractivity contribution >= 4 is 5.91 Å². The second-order valence-electron chi connectivity index (χ2n) is 4.38. The number of aromatic nitrogens is 1. The molecule has 20 heavy (non-hydrogen) atoms. The number of hydrogen-bond donors (Lipinski definition) is 2. The smallest absolute Gasteiger partial charge is 0.287 e. The van der Waals surface area contributed by atoms with E-state index in [0.717, 1.165) is 12.0 Å². The Morgan fingerprint density at radius 1 is 1.50 bits per heavy atom. The number of nitrogen functional groups attached to an aromatic ring is 1. The lowest BCUT2D eigenvalue weighted by Crippen LogP contribution is -2.30. The predicted octanol–water partition coefficient (Wildman–Crippen LogP) is 2.12. The van der Waals surface area contributed by atoms with Gasteiger partial charge in [-0.15, -0.1) is 0 Å². The lowest BCUT2D eigenvalue weighted by atomic mass is 10.1. The lowest BCUT2D eigenvalue weighted by Gasteiger charge is -2.14. The minimum Gasteiger partial charge on any atom is -0.490 e. The maximum Gasteiger partial charge on any atom is 0.287 e. The molecule has 1 amide bonds. The van der Waals surface area contributed by atoms with E-state index in [4.69, 9.17) is 15.1 Å². The number of ether oxygens (including phenoxy) is 1. The van der Waals surface area contributed by atoms with Crippen LogP contribution in [-0.2, 0) is 0 Å². The van der Waals surface area contributed by atoms with Crippen LogP contribution in [0.2, 0.25) is 0 Å². The first-order chi connectivity index (χ1) is 9.65. The summed E-state index contributed by atoms with van der Waals surface area (Å²) in [5.41, 5.74) is 2.88. The Kier molecular flexibility index (Phi) is 4.37. The molecule has 3 N–H and O–H groups in total. The second-order valence-corrected chi connectivity index (χ2v) is 4.38. The summed E-state index contributed by atoms with van der Waals surface area (Å²) in [6, 6.07) is 8.98. The first-order valence-corrected chi connectivity index (χ1v) is 6.39. The first kappa shape index (κ1) is 14.1. The number of nitrogens with one attached hydrogen (secondary N) is 1. The topological polar surface area (TPSA) is 90.4 Å². The molecule has 106 valence electrons. The molecular weight excluding hydrogens is 258 g/mol. The first-order valence-electron chi connectivity index (χ1n) is 6.39.